The van der Waals surface area contributed by atoms with Gasteiger partial charge in [0.1, 0.15) is 0 Å². The van der Waals surface area contributed by atoms with E-state index in [4.69, 9.17) is 16.0 Å². The minimum absolute atomic E-state index is 0.106. The maximum atomic E-state index is 12.0. The van der Waals surface area contributed by atoms with E-state index in [0.29, 0.717) is 10.6 Å². The van der Waals surface area contributed by atoms with Crippen LogP contribution in [0, 0.1) is 0 Å². The third-order valence-electron chi connectivity index (χ3n) is 2.85. The van der Waals surface area contributed by atoms with E-state index in [9.17, 15) is 4.79 Å². The van der Waals surface area contributed by atoms with Crippen molar-refractivity contribution in [3.05, 3.63) is 65.3 Å². The summed E-state index contributed by atoms with van der Waals surface area (Å²) in [4.78, 5) is 16.1. The first-order valence-corrected chi connectivity index (χ1v) is 6.88. The Labute approximate surface area is 131 Å². The number of halogens is 1. The lowest BCUT2D eigenvalue weighted by Crippen LogP contribution is -2.23. The number of benzene rings is 1. The van der Waals surface area contributed by atoms with Crippen LogP contribution < -0.4 is 5.32 Å². The summed E-state index contributed by atoms with van der Waals surface area (Å²) in [5.41, 5.74) is 1.40. The maximum absolute atomic E-state index is 12.0. The van der Waals surface area contributed by atoms with Gasteiger partial charge in [0.05, 0.1) is 12.2 Å². The van der Waals surface area contributed by atoms with Crippen LogP contribution in [0.3, 0.4) is 0 Å². The first kappa shape index (κ1) is 14.2. The van der Waals surface area contributed by atoms with Crippen molar-refractivity contribution in [3.8, 4) is 11.5 Å². The van der Waals surface area contributed by atoms with Crippen LogP contribution in [0.2, 0.25) is 5.02 Å². The summed E-state index contributed by atoms with van der Waals surface area (Å²) >= 11 is 5.91. The molecule has 1 amide bonds. The van der Waals surface area contributed by atoms with Crippen LogP contribution in [-0.2, 0) is 6.54 Å². The fraction of sp³-hybridized carbons (Fsp3) is 0.0667. The van der Waals surface area contributed by atoms with Crippen LogP contribution in [0.4, 0.5) is 0 Å². The fourth-order valence-corrected chi connectivity index (χ4v) is 1.99. The Bertz CT molecular complexity index is 789. The van der Waals surface area contributed by atoms with E-state index in [1.165, 1.54) is 0 Å². The molecule has 3 aromatic rings. The zero-order valence-corrected chi connectivity index (χ0v) is 12.1. The second-order valence-electron chi connectivity index (χ2n) is 4.43. The fourth-order valence-electron chi connectivity index (χ4n) is 1.80. The molecule has 0 aliphatic rings. The summed E-state index contributed by atoms with van der Waals surface area (Å²) < 4.78 is 5.36. The predicted octanol–water partition coefficient (Wildman–Crippen LogP) is 2.72. The van der Waals surface area contributed by atoms with Gasteiger partial charge >= 0.3 is 11.8 Å². The minimum Gasteiger partial charge on any atom is -0.412 e. The molecule has 1 aromatic carbocycles. The Balaban J connectivity index is 1.69. The van der Waals surface area contributed by atoms with Crippen LogP contribution in [0.1, 0.15) is 16.4 Å². The molecule has 0 unspecified atom stereocenters. The Morgan fingerprint density at radius 2 is 2.09 bits per heavy atom. The Kier molecular flexibility index (Phi) is 4.11. The SMILES string of the molecule is O=C(NCc1ccccn1)c1nnc(-c2cccc(Cl)c2)o1. The number of carbonyl (C=O) groups is 1. The van der Waals surface area contributed by atoms with Gasteiger partial charge in [-0.25, -0.2) is 0 Å². The lowest BCUT2D eigenvalue weighted by Gasteiger charge is -2.00. The van der Waals surface area contributed by atoms with Gasteiger partial charge in [0.15, 0.2) is 0 Å². The molecule has 0 aliphatic heterocycles. The smallest absolute Gasteiger partial charge is 0.309 e. The quantitative estimate of drug-likeness (QED) is 0.800. The molecule has 2 heterocycles. The summed E-state index contributed by atoms with van der Waals surface area (Å²) in [7, 11) is 0. The zero-order chi connectivity index (χ0) is 15.4. The summed E-state index contributed by atoms with van der Waals surface area (Å²) in [6, 6.07) is 12.4. The van der Waals surface area contributed by atoms with Crippen molar-refractivity contribution in [2.75, 3.05) is 0 Å². The van der Waals surface area contributed by atoms with Crippen molar-refractivity contribution in [3.63, 3.8) is 0 Å². The Hall–Kier alpha value is -2.73. The van der Waals surface area contributed by atoms with Crippen molar-refractivity contribution < 1.29 is 9.21 Å². The van der Waals surface area contributed by atoms with E-state index < -0.39 is 5.91 Å². The molecule has 0 bridgehead atoms. The average Bonchev–Trinajstić information content (AvgIpc) is 3.04. The highest BCUT2D eigenvalue weighted by atomic mass is 35.5. The van der Waals surface area contributed by atoms with Gasteiger partial charge < -0.3 is 9.73 Å². The second kappa shape index (κ2) is 6.36. The van der Waals surface area contributed by atoms with E-state index in [2.05, 4.69) is 20.5 Å². The van der Waals surface area contributed by atoms with Crippen LogP contribution in [0.5, 0.6) is 0 Å². The maximum Gasteiger partial charge on any atom is 0.309 e. The van der Waals surface area contributed by atoms with Gasteiger partial charge in [-0.05, 0) is 30.3 Å². The molecule has 7 heteroatoms. The van der Waals surface area contributed by atoms with Crippen LogP contribution in [0.25, 0.3) is 11.5 Å². The largest absolute Gasteiger partial charge is 0.412 e. The number of pyridine rings is 1. The van der Waals surface area contributed by atoms with Crippen molar-refractivity contribution in [2.45, 2.75) is 6.54 Å². The van der Waals surface area contributed by atoms with Crippen LogP contribution in [-0.4, -0.2) is 21.1 Å². The molecular weight excluding hydrogens is 304 g/mol. The van der Waals surface area contributed by atoms with Gasteiger partial charge in [0, 0.05) is 16.8 Å². The highest BCUT2D eigenvalue weighted by Crippen LogP contribution is 2.21. The van der Waals surface area contributed by atoms with Crippen LogP contribution in [0.15, 0.2) is 53.1 Å². The topological polar surface area (TPSA) is 80.9 Å². The number of hydrogen-bond donors (Lipinski definition) is 1. The van der Waals surface area contributed by atoms with Gasteiger partial charge in [-0.3, -0.25) is 9.78 Å². The molecule has 3 rings (SSSR count). The summed E-state index contributed by atoms with van der Waals surface area (Å²) in [5.74, 6) is -0.317. The van der Waals surface area contributed by atoms with Crippen molar-refractivity contribution in [1.29, 1.82) is 0 Å². The normalized spacial score (nSPS) is 10.4. The number of nitrogens with zero attached hydrogens (tertiary/aromatic N) is 3. The molecule has 22 heavy (non-hydrogen) atoms. The first-order chi connectivity index (χ1) is 10.7. The van der Waals surface area contributed by atoms with Gasteiger partial charge in [-0.15, -0.1) is 10.2 Å². The molecule has 0 atom stereocenters. The third-order valence-corrected chi connectivity index (χ3v) is 3.08. The molecule has 0 saturated heterocycles. The molecular formula is C15H11ClN4O2. The lowest BCUT2D eigenvalue weighted by molar-refractivity contribution is 0.0916. The Morgan fingerprint density at radius 1 is 1.18 bits per heavy atom. The van der Waals surface area contributed by atoms with Gasteiger partial charge in [0.2, 0.25) is 5.89 Å². The van der Waals surface area contributed by atoms with E-state index in [1.807, 2.05) is 12.1 Å². The summed E-state index contributed by atoms with van der Waals surface area (Å²) in [6.07, 6.45) is 1.66. The molecule has 0 aliphatic carbocycles. The lowest BCUT2D eigenvalue weighted by atomic mass is 10.2. The van der Waals surface area contributed by atoms with Gasteiger partial charge in [-0.2, -0.15) is 0 Å². The van der Waals surface area contributed by atoms with E-state index in [0.717, 1.165) is 5.69 Å². The molecule has 1 N–H and O–H groups in total. The number of aromatic nitrogens is 3. The number of amides is 1. The number of hydrogen-bond acceptors (Lipinski definition) is 5. The predicted molar refractivity (Wildman–Crippen MR) is 80.2 cm³/mol. The molecule has 0 radical (unpaired) electrons. The molecule has 0 saturated carbocycles. The van der Waals surface area contributed by atoms with E-state index >= 15 is 0 Å². The Morgan fingerprint density at radius 3 is 2.86 bits per heavy atom. The van der Waals surface area contributed by atoms with Crippen molar-refractivity contribution in [2.24, 2.45) is 0 Å². The summed E-state index contributed by atoms with van der Waals surface area (Å²) in [6.45, 7) is 0.286. The van der Waals surface area contributed by atoms with E-state index in [-0.39, 0.29) is 18.3 Å². The molecule has 6 nitrogen and oxygen atoms in total. The zero-order valence-electron chi connectivity index (χ0n) is 11.4. The second-order valence-corrected chi connectivity index (χ2v) is 4.86. The molecule has 110 valence electrons. The van der Waals surface area contributed by atoms with Crippen molar-refractivity contribution in [1.82, 2.24) is 20.5 Å². The highest BCUT2D eigenvalue weighted by molar-refractivity contribution is 6.30. The monoisotopic (exact) mass is 314 g/mol. The molecule has 2 aromatic heterocycles. The molecule has 0 spiro atoms. The first-order valence-electron chi connectivity index (χ1n) is 6.50. The van der Waals surface area contributed by atoms with Gasteiger partial charge in [0.25, 0.3) is 0 Å². The number of carbonyl (C=O) groups excluding carboxylic acids is 1. The number of nitrogens with one attached hydrogen (secondary N) is 1. The molecule has 0 fully saturated rings. The average molecular weight is 315 g/mol. The van der Waals surface area contributed by atoms with Crippen LogP contribution >= 0.6 is 11.6 Å². The summed E-state index contributed by atoms with van der Waals surface area (Å²) in [5, 5.41) is 10.8. The minimum atomic E-state index is -0.452. The number of rotatable bonds is 4. The van der Waals surface area contributed by atoms with Crippen molar-refractivity contribution >= 4 is 17.5 Å². The van der Waals surface area contributed by atoms with Gasteiger partial charge in [-0.1, -0.05) is 23.7 Å². The highest BCUT2D eigenvalue weighted by Gasteiger charge is 2.15. The van der Waals surface area contributed by atoms with E-state index in [1.54, 1.807) is 36.5 Å². The third kappa shape index (κ3) is 3.29. The standard InChI is InChI=1S/C15H11ClN4O2/c16-11-5-3-4-10(8-11)14-19-20-15(22-14)13(21)18-9-12-6-1-2-7-17-12/h1-8H,9H2,(H,18,21).